The van der Waals surface area contributed by atoms with Gasteiger partial charge in [-0.1, -0.05) is 0 Å². The van der Waals surface area contributed by atoms with Crippen molar-refractivity contribution in [1.82, 2.24) is 19.7 Å². The molecule has 0 radical (unpaired) electrons. The Bertz CT molecular complexity index is 758. The fourth-order valence-electron chi connectivity index (χ4n) is 3.29. The van der Waals surface area contributed by atoms with Crippen LogP contribution >= 0.6 is 0 Å². The normalized spacial score (nSPS) is 17.5. The van der Waals surface area contributed by atoms with E-state index < -0.39 is 0 Å². The van der Waals surface area contributed by atoms with E-state index in [4.69, 9.17) is 10.5 Å². The SMILES string of the molecule is Cc1c(CCC(=O)N2CCOC(CCc3ccnc(N)c3)C2)cnn1C. The zero-order valence-corrected chi connectivity index (χ0v) is 15.5. The first-order valence-corrected chi connectivity index (χ1v) is 9.10. The number of nitrogens with zero attached hydrogens (tertiary/aromatic N) is 4. The van der Waals surface area contributed by atoms with Gasteiger partial charge in [0.1, 0.15) is 5.82 Å². The molecule has 2 N–H and O–H groups in total. The highest BCUT2D eigenvalue weighted by molar-refractivity contribution is 5.76. The van der Waals surface area contributed by atoms with Gasteiger partial charge in [-0.05, 0) is 49.4 Å². The molecule has 0 aromatic carbocycles. The molecule has 2 aromatic rings. The van der Waals surface area contributed by atoms with Gasteiger partial charge in [0.25, 0.3) is 0 Å². The molecule has 0 aliphatic carbocycles. The number of nitrogen functional groups attached to an aromatic ring is 1. The highest BCUT2D eigenvalue weighted by atomic mass is 16.5. The van der Waals surface area contributed by atoms with Gasteiger partial charge >= 0.3 is 0 Å². The maximum atomic E-state index is 12.6. The molecule has 1 aliphatic rings. The Hall–Kier alpha value is -2.41. The quantitative estimate of drug-likeness (QED) is 0.847. The second-order valence-electron chi connectivity index (χ2n) is 6.84. The number of hydrogen-bond donors (Lipinski definition) is 1. The summed E-state index contributed by atoms with van der Waals surface area (Å²) in [4.78, 5) is 18.5. The Kier molecular flexibility index (Phi) is 5.88. The fourth-order valence-corrected chi connectivity index (χ4v) is 3.29. The molecule has 1 aliphatic heterocycles. The van der Waals surface area contributed by atoms with Crippen LogP contribution in [0.25, 0.3) is 0 Å². The molecule has 0 bridgehead atoms. The molecule has 1 amide bonds. The number of aromatic nitrogens is 3. The van der Waals surface area contributed by atoms with Crippen LogP contribution in [0.1, 0.15) is 29.7 Å². The predicted octanol–water partition coefficient (Wildman–Crippen LogP) is 1.50. The standard InChI is InChI=1S/C19H27N5O2/c1-14-16(12-22-23(14)2)4-6-19(25)24-9-10-26-17(13-24)5-3-15-7-8-21-18(20)11-15/h7-8,11-12,17H,3-6,9-10,13H2,1-2H3,(H2,20,21). The molecule has 0 saturated carbocycles. The third kappa shape index (κ3) is 4.60. The number of carbonyl (C=O) groups is 1. The van der Waals surface area contributed by atoms with E-state index in [2.05, 4.69) is 10.1 Å². The van der Waals surface area contributed by atoms with Crippen LogP contribution in [-0.4, -0.2) is 51.4 Å². The van der Waals surface area contributed by atoms with Gasteiger partial charge in [0, 0.05) is 38.4 Å². The third-order valence-electron chi connectivity index (χ3n) is 5.04. The Morgan fingerprint density at radius 1 is 1.42 bits per heavy atom. The molecular formula is C19H27N5O2. The largest absolute Gasteiger partial charge is 0.384 e. The van der Waals surface area contributed by atoms with Gasteiger partial charge in [0.2, 0.25) is 5.91 Å². The van der Waals surface area contributed by atoms with E-state index in [9.17, 15) is 4.79 Å². The lowest BCUT2D eigenvalue weighted by molar-refractivity contribution is -0.138. The molecule has 2 aromatic heterocycles. The van der Waals surface area contributed by atoms with Crippen LogP contribution < -0.4 is 5.73 Å². The molecule has 3 heterocycles. The number of pyridine rings is 1. The zero-order valence-electron chi connectivity index (χ0n) is 15.5. The average molecular weight is 357 g/mol. The molecule has 1 saturated heterocycles. The van der Waals surface area contributed by atoms with E-state index in [1.807, 2.05) is 41.9 Å². The number of aryl methyl sites for hydroxylation is 3. The van der Waals surface area contributed by atoms with Crippen molar-refractivity contribution in [3.63, 3.8) is 0 Å². The van der Waals surface area contributed by atoms with Crippen molar-refractivity contribution in [2.24, 2.45) is 7.05 Å². The summed E-state index contributed by atoms with van der Waals surface area (Å²) in [6.07, 6.45) is 6.64. The number of ether oxygens (including phenoxy) is 1. The molecule has 140 valence electrons. The van der Waals surface area contributed by atoms with Crippen molar-refractivity contribution in [1.29, 1.82) is 0 Å². The van der Waals surface area contributed by atoms with E-state index in [1.165, 1.54) is 0 Å². The van der Waals surface area contributed by atoms with Gasteiger partial charge in [0.05, 0.1) is 18.9 Å². The van der Waals surface area contributed by atoms with Gasteiger partial charge in [-0.15, -0.1) is 0 Å². The number of amides is 1. The zero-order chi connectivity index (χ0) is 18.5. The van der Waals surface area contributed by atoms with Gasteiger partial charge in [0.15, 0.2) is 0 Å². The minimum atomic E-state index is 0.0715. The van der Waals surface area contributed by atoms with Crippen LogP contribution in [0.3, 0.4) is 0 Å². The van der Waals surface area contributed by atoms with E-state index in [0.717, 1.165) is 36.1 Å². The van der Waals surface area contributed by atoms with Crippen molar-refractivity contribution in [3.8, 4) is 0 Å². The molecule has 1 unspecified atom stereocenters. The molecule has 26 heavy (non-hydrogen) atoms. The highest BCUT2D eigenvalue weighted by Crippen LogP contribution is 2.15. The van der Waals surface area contributed by atoms with Crippen LogP contribution in [-0.2, 0) is 29.4 Å². The first-order chi connectivity index (χ1) is 12.5. The second-order valence-corrected chi connectivity index (χ2v) is 6.84. The summed E-state index contributed by atoms with van der Waals surface area (Å²) in [5.41, 5.74) is 9.13. The topological polar surface area (TPSA) is 86.3 Å². The summed E-state index contributed by atoms with van der Waals surface area (Å²) in [5, 5.41) is 4.24. The predicted molar refractivity (Wildman–Crippen MR) is 99.6 cm³/mol. The number of morpholine rings is 1. The van der Waals surface area contributed by atoms with Crippen LogP contribution in [0.2, 0.25) is 0 Å². The van der Waals surface area contributed by atoms with Gasteiger partial charge in [-0.2, -0.15) is 5.10 Å². The summed E-state index contributed by atoms with van der Waals surface area (Å²) >= 11 is 0. The Balaban J connectivity index is 1.48. The van der Waals surface area contributed by atoms with Gasteiger partial charge in [-0.3, -0.25) is 9.48 Å². The molecular weight excluding hydrogens is 330 g/mol. The number of anilines is 1. The fraction of sp³-hybridized carbons (Fsp3) is 0.526. The molecule has 7 heteroatoms. The van der Waals surface area contributed by atoms with Crippen molar-refractivity contribution in [3.05, 3.63) is 41.3 Å². The van der Waals surface area contributed by atoms with Gasteiger partial charge < -0.3 is 15.4 Å². The van der Waals surface area contributed by atoms with Crippen LogP contribution in [0.15, 0.2) is 24.5 Å². The lowest BCUT2D eigenvalue weighted by atomic mass is 10.1. The second kappa shape index (κ2) is 8.31. The smallest absolute Gasteiger partial charge is 0.223 e. The maximum absolute atomic E-state index is 12.6. The monoisotopic (exact) mass is 357 g/mol. The van der Waals surface area contributed by atoms with E-state index in [0.29, 0.717) is 31.9 Å². The lowest BCUT2D eigenvalue weighted by Crippen LogP contribution is -2.45. The van der Waals surface area contributed by atoms with Crippen LogP contribution in [0.4, 0.5) is 5.82 Å². The van der Waals surface area contributed by atoms with Crippen molar-refractivity contribution >= 4 is 11.7 Å². The summed E-state index contributed by atoms with van der Waals surface area (Å²) < 4.78 is 7.69. The van der Waals surface area contributed by atoms with Crippen molar-refractivity contribution in [2.45, 2.75) is 38.7 Å². The number of hydrogen-bond acceptors (Lipinski definition) is 5. The maximum Gasteiger partial charge on any atom is 0.223 e. The average Bonchev–Trinajstić information content (AvgIpc) is 2.97. The molecule has 7 nitrogen and oxygen atoms in total. The van der Waals surface area contributed by atoms with Crippen molar-refractivity contribution < 1.29 is 9.53 Å². The van der Waals surface area contributed by atoms with E-state index >= 15 is 0 Å². The molecule has 3 rings (SSSR count). The summed E-state index contributed by atoms with van der Waals surface area (Å²) in [6, 6.07) is 3.86. The number of rotatable bonds is 6. The summed E-state index contributed by atoms with van der Waals surface area (Å²) in [6.45, 7) is 3.96. The van der Waals surface area contributed by atoms with Gasteiger partial charge in [-0.25, -0.2) is 4.98 Å². The van der Waals surface area contributed by atoms with Crippen molar-refractivity contribution in [2.75, 3.05) is 25.4 Å². The minimum Gasteiger partial charge on any atom is -0.384 e. The first-order valence-electron chi connectivity index (χ1n) is 9.10. The highest BCUT2D eigenvalue weighted by Gasteiger charge is 2.24. The Morgan fingerprint density at radius 3 is 3.00 bits per heavy atom. The number of nitrogens with two attached hydrogens (primary N) is 1. The Labute approximate surface area is 154 Å². The Morgan fingerprint density at radius 2 is 2.27 bits per heavy atom. The summed E-state index contributed by atoms with van der Waals surface area (Å²) in [5.74, 6) is 0.726. The van der Waals surface area contributed by atoms with Crippen LogP contribution in [0.5, 0.6) is 0 Å². The number of carbonyl (C=O) groups excluding carboxylic acids is 1. The van der Waals surface area contributed by atoms with E-state index in [1.54, 1.807) is 6.20 Å². The first kappa shape index (κ1) is 18.4. The molecule has 1 fully saturated rings. The molecule has 0 spiro atoms. The molecule has 1 atom stereocenters. The summed E-state index contributed by atoms with van der Waals surface area (Å²) in [7, 11) is 1.92. The third-order valence-corrected chi connectivity index (χ3v) is 5.04. The van der Waals surface area contributed by atoms with Crippen LogP contribution in [0, 0.1) is 6.92 Å². The van der Waals surface area contributed by atoms with E-state index in [-0.39, 0.29) is 12.0 Å². The lowest BCUT2D eigenvalue weighted by Gasteiger charge is -2.33. The minimum absolute atomic E-state index is 0.0715.